The monoisotopic (exact) mass is 222 g/mol. The van der Waals surface area contributed by atoms with E-state index >= 15 is 0 Å². The highest BCUT2D eigenvalue weighted by molar-refractivity contribution is 5.89. The highest BCUT2D eigenvalue weighted by Gasteiger charge is 1.98. The topological polar surface area (TPSA) is 41.1 Å². The summed E-state index contributed by atoms with van der Waals surface area (Å²) in [5.41, 5.74) is 2.01. The number of benzene rings is 1. The molecule has 0 heterocycles. The fourth-order valence-electron chi connectivity index (χ4n) is 1.05. The molecule has 0 unspecified atom stereocenters. The maximum atomic E-state index is 11.2. The zero-order chi connectivity index (χ0) is 12.4. The van der Waals surface area contributed by atoms with Crippen molar-refractivity contribution in [2.24, 2.45) is 0 Å². The van der Waals surface area contributed by atoms with Gasteiger partial charge < -0.3 is 10.6 Å². The molecule has 0 aliphatic carbocycles. The number of amides is 2. The van der Waals surface area contributed by atoms with Crippen molar-refractivity contribution in [3.8, 4) is 0 Å². The van der Waals surface area contributed by atoms with Gasteiger partial charge in [-0.3, -0.25) is 0 Å². The number of aryl methyl sites for hydroxylation is 1. The predicted molar refractivity (Wildman–Crippen MR) is 69.8 cm³/mol. The second-order valence-corrected chi connectivity index (χ2v) is 3.25. The van der Waals surface area contributed by atoms with Gasteiger partial charge in [0.05, 0.1) is 0 Å². The molecule has 0 saturated carbocycles. The van der Waals surface area contributed by atoms with Gasteiger partial charge >= 0.3 is 6.03 Å². The molecule has 1 aromatic carbocycles. The van der Waals surface area contributed by atoms with Crippen molar-refractivity contribution in [3.05, 3.63) is 29.8 Å². The molecule has 0 aliphatic heterocycles. The summed E-state index contributed by atoms with van der Waals surface area (Å²) >= 11 is 0. The number of carbonyl (C=O) groups excluding carboxylic acids is 1. The van der Waals surface area contributed by atoms with Crippen LogP contribution in [0.3, 0.4) is 0 Å². The summed E-state index contributed by atoms with van der Waals surface area (Å²) in [5.74, 6) is 0. The van der Waals surface area contributed by atoms with Gasteiger partial charge in [0.1, 0.15) is 0 Å². The predicted octanol–water partition coefficient (Wildman–Crippen LogP) is 3.55. The molecule has 0 fully saturated rings. The number of urea groups is 1. The summed E-state index contributed by atoms with van der Waals surface area (Å²) < 4.78 is 0. The minimum atomic E-state index is -0.143. The minimum Gasteiger partial charge on any atom is -0.338 e. The summed E-state index contributed by atoms with van der Waals surface area (Å²) in [5, 5.41) is 5.50. The molecule has 0 aromatic heterocycles. The first kappa shape index (κ1) is 14.5. The summed E-state index contributed by atoms with van der Waals surface area (Å²) in [6.45, 7) is 8.74. The molecule has 1 aromatic rings. The van der Waals surface area contributed by atoms with Crippen molar-refractivity contribution in [2.75, 3.05) is 11.9 Å². The van der Waals surface area contributed by atoms with E-state index in [1.807, 2.05) is 52.0 Å². The van der Waals surface area contributed by atoms with Crippen LogP contribution >= 0.6 is 0 Å². The third kappa shape index (κ3) is 6.06. The number of carbonyl (C=O) groups is 1. The van der Waals surface area contributed by atoms with Crippen molar-refractivity contribution >= 4 is 11.7 Å². The van der Waals surface area contributed by atoms with Gasteiger partial charge in [0.25, 0.3) is 0 Å². The molecule has 16 heavy (non-hydrogen) atoms. The Hall–Kier alpha value is -1.51. The van der Waals surface area contributed by atoms with Crippen LogP contribution in [0.1, 0.15) is 32.8 Å². The number of hydrogen-bond acceptors (Lipinski definition) is 1. The van der Waals surface area contributed by atoms with E-state index in [0.717, 1.165) is 12.1 Å². The van der Waals surface area contributed by atoms with Crippen molar-refractivity contribution in [2.45, 2.75) is 34.1 Å². The van der Waals surface area contributed by atoms with Gasteiger partial charge in [0.2, 0.25) is 0 Å². The van der Waals surface area contributed by atoms with Crippen LogP contribution in [0.15, 0.2) is 24.3 Å². The summed E-state index contributed by atoms with van der Waals surface area (Å²) in [6, 6.07) is 7.57. The van der Waals surface area contributed by atoms with Crippen LogP contribution in [0.25, 0.3) is 0 Å². The van der Waals surface area contributed by atoms with Gasteiger partial charge in [-0.2, -0.15) is 0 Å². The van der Waals surface area contributed by atoms with Crippen molar-refractivity contribution in [1.29, 1.82) is 0 Å². The largest absolute Gasteiger partial charge is 0.338 e. The van der Waals surface area contributed by atoms with Crippen molar-refractivity contribution < 1.29 is 4.79 Å². The lowest BCUT2D eigenvalue weighted by atomic mass is 10.2. The highest BCUT2D eigenvalue weighted by atomic mass is 16.2. The third-order valence-corrected chi connectivity index (χ3v) is 1.84. The number of rotatable bonds is 3. The number of anilines is 1. The molecule has 3 heteroatoms. The Kier molecular flexibility index (Phi) is 7.94. The average Bonchev–Trinajstić information content (AvgIpc) is 2.32. The van der Waals surface area contributed by atoms with E-state index < -0.39 is 0 Å². The molecule has 1 rings (SSSR count). The lowest BCUT2D eigenvalue weighted by Crippen LogP contribution is -2.29. The molecule has 3 nitrogen and oxygen atoms in total. The highest BCUT2D eigenvalue weighted by Crippen LogP contribution is 2.07. The van der Waals surface area contributed by atoms with Gasteiger partial charge in [-0.1, -0.05) is 38.5 Å². The van der Waals surface area contributed by atoms with E-state index in [-0.39, 0.29) is 6.03 Å². The zero-order valence-electron chi connectivity index (χ0n) is 10.6. The van der Waals surface area contributed by atoms with Crippen LogP contribution in [0, 0.1) is 6.92 Å². The van der Waals surface area contributed by atoms with E-state index in [1.54, 1.807) is 0 Å². The van der Waals surface area contributed by atoms with E-state index in [9.17, 15) is 4.79 Å². The van der Waals surface area contributed by atoms with Crippen LogP contribution < -0.4 is 10.6 Å². The maximum absolute atomic E-state index is 11.2. The quantitative estimate of drug-likeness (QED) is 0.806. The van der Waals surface area contributed by atoms with Gasteiger partial charge in [-0.15, -0.1) is 0 Å². The first-order chi connectivity index (χ1) is 7.72. The fourth-order valence-corrected chi connectivity index (χ4v) is 1.05. The zero-order valence-corrected chi connectivity index (χ0v) is 10.6. The standard InChI is InChI=1S/C11H16N2O.C2H6/c1-3-8-12-11(14)13-10-6-4-9(2)5-7-10;1-2/h4-7H,3,8H2,1-2H3,(H2,12,13,14);1-2H3. The maximum Gasteiger partial charge on any atom is 0.319 e. The third-order valence-electron chi connectivity index (χ3n) is 1.84. The smallest absolute Gasteiger partial charge is 0.319 e. The molecule has 0 bridgehead atoms. The fraction of sp³-hybridized carbons (Fsp3) is 0.462. The lowest BCUT2D eigenvalue weighted by Gasteiger charge is -2.06. The van der Waals surface area contributed by atoms with Crippen LogP contribution in [0.5, 0.6) is 0 Å². The molecule has 0 radical (unpaired) electrons. The Labute approximate surface area is 98.3 Å². The van der Waals surface area contributed by atoms with Gasteiger partial charge in [-0.05, 0) is 25.5 Å². The van der Waals surface area contributed by atoms with Gasteiger partial charge in [0.15, 0.2) is 0 Å². The Morgan fingerprint density at radius 2 is 1.75 bits per heavy atom. The summed E-state index contributed by atoms with van der Waals surface area (Å²) in [7, 11) is 0. The van der Waals surface area contributed by atoms with Crippen LogP contribution in [-0.2, 0) is 0 Å². The van der Waals surface area contributed by atoms with E-state index in [4.69, 9.17) is 0 Å². The van der Waals surface area contributed by atoms with E-state index in [0.29, 0.717) is 6.54 Å². The Bertz CT molecular complexity index is 293. The molecular weight excluding hydrogens is 200 g/mol. The first-order valence-electron chi connectivity index (χ1n) is 5.84. The van der Waals surface area contributed by atoms with Crippen LogP contribution in [-0.4, -0.2) is 12.6 Å². The molecule has 90 valence electrons. The minimum absolute atomic E-state index is 0.143. The van der Waals surface area contributed by atoms with E-state index in [1.165, 1.54) is 5.56 Å². The van der Waals surface area contributed by atoms with Crippen LogP contribution in [0.2, 0.25) is 0 Å². The molecule has 0 aliphatic rings. The summed E-state index contributed by atoms with van der Waals surface area (Å²) in [4.78, 5) is 11.2. The SMILES string of the molecule is CC.CCCNC(=O)Nc1ccc(C)cc1. The molecule has 2 N–H and O–H groups in total. The van der Waals surface area contributed by atoms with Crippen LogP contribution in [0.4, 0.5) is 10.5 Å². The second kappa shape index (κ2) is 8.77. The molecule has 0 saturated heterocycles. The Morgan fingerprint density at radius 3 is 2.25 bits per heavy atom. The molecule has 2 amide bonds. The average molecular weight is 222 g/mol. The number of hydrogen-bond donors (Lipinski definition) is 2. The Morgan fingerprint density at radius 1 is 1.19 bits per heavy atom. The second-order valence-electron chi connectivity index (χ2n) is 3.25. The molecular formula is C13H22N2O. The molecule has 0 spiro atoms. The van der Waals surface area contributed by atoms with Gasteiger partial charge in [0, 0.05) is 12.2 Å². The molecule has 0 atom stereocenters. The Balaban J connectivity index is 0.00000106. The first-order valence-corrected chi connectivity index (χ1v) is 5.84. The lowest BCUT2D eigenvalue weighted by molar-refractivity contribution is 0.252. The van der Waals surface area contributed by atoms with Crippen molar-refractivity contribution in [1.82, 2.24) is 5.32 Å². The van der Waals surface area contributed by atoms with E-state index in [2.05, 4.69) is 10.6 Å². The number of nitrogens with one attached hydrogen (secondary N) is 2. The van der Waals surface area contributed by atoms with Crippen molar-refractivity contribution in [3.63, 3.8) is 0 Å². The van der Waals surface area contributed by atoms with Gasteiger partial charge in [-0.25, -0.2) is 4.79 Å². The normalized spacial score (nSPS) is 8.75. The summed E-state index contributed by atoms with van der Waals surface area (Å²) in [6.07, 6.45) is 0.946.